The lowest BCUT2D eigenvalue weighted by atomic mass is 9.88. The average molecular weight is 258 g/mol. The first-order valence-corrected chi connectivity index (χ1v) is 6.93. The van der Waals surface area contributed by atoms with E-state index in [2.05, 4.69) is 0 Å². The maximum atomic E-state index is 5.40. The van der Waals surface area contributed by atoms with Crippen molar-refractivity contribution in [2.24, 2.45) is 34.4 Å². The van der Waals surface area contributed by atoms with Gasteiger partial charge in [0.15, 0.2) is 0 Å². The van der Waals surface area contributed by atoms with Crippen LogP contribution >= 0.6 is 0 Å². The van der Waals surface area contributed by atoms with Crippen molar-refractivity contribution in [3.05, 3.63) is 0 Å². The molecule has 3 saturated carbocycles. The summed E-state index contributed by atoms with van der Waals surface area (Å²) in [6.45, 7) is 0. The molecular weight excluding hydrogens is 228 g/mol. The molecule has 3 aliphatic rings. The largest absolute Gasteiger partial charge is 0.328 e. The van der Waals surface area contributed by atoms with E-state index in [4.69, 9.17) is 34.4 Å². The molecule has 0 radical (unpaired) electrons. The van der Waals surface area contributed by atoms with Gasteiger partial charge >= 0.3 is 0 Å². The van der Waals surface area contributed by atoms with Gasteiger partial charge < -0.3 is 34.4 Å². The maximum Gasteiger partial charge on any atom is 0.0192 e. The molecule has 0 spiro atoms. The summed E-state index contributed by atoms with van der Waals surface area (Å²) in [4.78, 5) is 0. The number of hydrogen-bond acceptors (Lipinski definition) is 6. The lowest BCUT2D eigenvalue weighted by molar-refractivity contribution is 0.347. The van der Waals surface area contributed by atoms with Gasteiger partial charge in [-0.3, -0.25) is 0 Å². The minimum atomic E-state index is 0.310. The van der Waals surface area contributed by atoms with Gasteiger partial charge in [-0.25, -0.2) is 0 Å². The van der Waals surface area contributed by atoms with Crippen molar-refractivity contribution in [1.82, 2.24) is 0 Å². The molecule has 0 aromatic heterocycles. The quantitative estimate of drug-likeness (QED) is 0.304. The molecule has 3 rings (SSSR count). The fourth-order valence-corrected chi connectivity index (χ4v) is 1.81. The molecule has 12 N–H and O–H groups in total. The summed E-state index contributed by atoms with van der Waals surface area (Å²) in [7, 11) is 0. The van der Waals surface area contributed by atoms with Gasteiger partial charge in [0.05, 0.1) is 0 Å². The molecule has 3 aliphatic carbocycles. The highest BCUT2D eigenvalue weighted by molar-refractivity contribution is 4.87. The smallest absolute Gasteiger partial charge is 0.0192 e. The molecule has 4 atom stereocenters. The third-order valence-electron chi connectivity index (χ3n) is 3.98. The summed E-state index contributed by atoms with van der Waals surface area (Å²) in [5.74, 6) is 0. The van der Waals surface area contributed by atoms with Gasteiger partial charge in [0.1, 0.15) is 0 Å². The van der Waals surface area contributed by atoms with Gasteiger partial charge in [0.25, 0.3) is 0 Å². The van der Waals surface area contributed by atoms with Crippen LogP contribution in [-0.2, 0) is 0 Å². The Balaban J connectivity index is 0.000000135. The summed E-state index contributed by atoms with van der Waals surface area (Å²) < 4.78 is 0. The molecule has 0 saturated heterocycles. The van der Waals surface area contributed by atoms with Crippen LogP contribution in [0.1, 0.15) is 38.5 Å². The molecule has 0 bridgehead atoms. The van der Waals surface area contributed by atoms with E-state index < -0.39 is 0 Å². The molecule has 18 heavy (non-hydrogen) atoms. The second-order valence-electron chi connectivity index (χ2n) is 5.80. The normalized spacial score (nSPS) is 45.0. The second-order valence-corrected chi connectivity index (χ2v) is 5.80. The predicted molar refractivity (Wildman–Crippen MR) is 75.6 cm³/mol. The van der Waals surface area contributed by atoms with Crippen LogP contribution in [0.3, 0.4) is 0 Å². The molecule has 6 nitrogen and oxygen atoms in total. The SMILES string of the molecule is NC1CC(N)C1.NC1CCC1N.NC1CCC1N. The van der Waals surface area contributed by atoms with Gasteiger partial charge in [-0.05, 0) is 38.5 Å². The van der Waals surface area contributed by atoms with Crippen molar-refractivity contribution in [2.45, 2.75) is 74.8 Å². The second kappa shape index (κ2) is 7.37. The van der Waals surface area contributed by atoms with Gasteiger partial charge in [-0.1, -0.05) is 0 Å². The summed E-state index contributed by atoms with van der Waals surface area (Å²) in [5.41, 5.74) is 32.4. The Morgan fingerprint density at radius 2 is 0.667 bits per heavy atom. The first-order valence-electron chi connectivity index (χ1n) is 6.93. The zero-order valence-electron chi connectivity index (χ0n) is 11.2. The third-order valence-corrected chi connectivity index (χ3v) is 3.98. The standard InChI is InChI=1S/3C4H10N2/c5-3-1-4(6)2-3;2*5-3-1-2-4(3)6/h3*3-4H,1-2,5-6H2. The van der Waals surface area contributed by atoms with Crippen molar-refractivity contribution >= 4 is 0 Å². The monoisotopic (exact) mass is 258 g/mol. The van der Waals surface area contributed by atoms with E-state index in [1.807, 2.05) is 0 Å². The zero-order valence-corrected chi connectivity index (χ0v) is 11.2. The Bertz CT molecular complexity index is 193. The van der Waals surface area contributed by atoms with Crippen LogP contribution in [-0.4, -0.2) is 36.3 Å². The van der Waals surface area contributed by atoms with Crippen LogP contribution in [0, 0.1) is 0 Å². The van der Waals surface area contributed by atoms with Crippen molar-refractivity contribution < 1.29 is 0 Å². The lowest BCUT2D eigenvalue weighted by Gasteiger charge is -2.29. The van der Waals surface area contributed by atoms with Gasteiger partial charge in [0.2, 0.25) is 0 Å². The molecule has 0 aromatic carbocycles. The third kappa shape index (κ3) is 5.17. The molecule has 3 fully saturated rings. The van der Waals surface area contributed by atoms with Crippen molar-refractivity contribution in [3.8, 4) is 0 Å². The van der Waals surface area contributed by atoms with Crippen LogP contribution in [0.4, 0.5) is 0 Å². The summed E-state index contributed by atoms with van der Waals surface area (Å²) in [5, 5.41) is 0. The van der Waals surface area contributed by atoms with Gasteiger partial charge in [-0.2, -0.15) is 0 Å². The molecule has 108 valence electrons. The van der Waals surface area contributed by atoms with E-state index in [0.29, 0.717) is 36.3 Å². The zero-order chi connectivity index (χ0) is 13.7. The average Bonchev–Trinajstić information content (AvgIpc) is 2.34. The first-order chi connectivity index (χ1) is 8.40. The topological polar surface area (TPSA) is 156 Å². The van der Waals surface area contributed by atoms with Crippen molar-refractivity contribution in [1.29, 1.82) is 0 Å². The van der Waals surface area contributed by atoms with E-state index in [1.165, 1.54) is 0 Å². The molecule has 0 aliphatic heterocycles. The van der Waals surface area contributed by atoms with Crippen LogP contribution in [0.2, 0.25) is 0 Å². The van der Waals surface area contributed by atoms with Crippen LogP contribution < -0.4 is 34.4 Å². The number of rotatable bonds is 0. The molecule has 0 aromatic rings. The minimum Gasteiger partial charge on any atom is -0.328 e. The van der Waals surface area contributed by atoms with Crippen molar-refractivity contribution in [2.75, 3.05) is 0 Å². The highest BCUT2D eigenvalue weighted by Crippen LogP contribution is 2.14. The molecule has 0 heterocycles. The van der Waals surface area contributed by atoms with E-state index in [1.54, 1.807) is 0 Å². The van der Waals surface area contributed by atoms with Gasteiger partial charge in [0, 0.05) is 36.3 Å². The highest BCUT2D eigenvalue weighted by atomic mass is 14.8. The van der Waals surface area contributed by atoms with E-state index >= 15 is 0 Å². The van der Waals surface area contributed by atoms with Crippen LogP contribution in [0.5, 0.6) is 0 Å². The highest BCUT2D eigenvalue weighted by Gasteiger charge is 2.22. The number of hydrogen-bond donors (Lipinski definition) is 6. The Morgan fingerprint density at radius 3 is 0.667 bits per heavy atom. The van der Waals surface area contributed by atoms with E-state index in [0.717, 1.165) is 38.5 Å². The van der Waals surface area contributed by atoms with Crippen molar-refractivity contribution in [3.63, 3.8) is 0 Å². The summed E-state index contributed by atoms with van der Waals surface area (Å²) >= 11 is 0. The molecular formula is C12H30N6. The molecule has 0 amide bonds. The number of nitrogens with two attached hydrogens (primary N) is 6. The predicted octanol–water partition coefficient (Wildman–Crippen LogP) is -1.70. The summed E-state index contributed by atoms with van der Waals surface area (Å²) in [6, 6.07) is 2.07. The van der Waals surface area contributed by atoms with Crippen LogP contribution in [0.15, 0.2) is 0 Å². The van der Waals surface area contributed by atoms with Gasteiger partial charge in [-0.15, -0.1) is 0 Å². The van der Waals surface area contributed by atoms with E-state index in [9.17, 15) is 0 Å². The summed E-state index contributed by atoms with van der Waals surface area (Å²) in [6.07, 6.45) is 6.56. The molecule has 4 unspecified atom stereocenters. The lowest BCUT2D eigenvalue weighted by Crippen LogP contribution is -2.49. The Labute approximate surface area is 110 Å². The van der Waals surface area contributed by atoms with E-state index in [-0.39, 0.29) is 0 Å². The Hall–Kier alpha value is -0.240. The maximum absolute atomic E-state index is 5.40. The Kier molecular flexibility index (Phi) is 6.48. The van der Waals surface area contributed by atoms with Crippen LogP contribution in [0.25, 0.3) is 0 Å². The molecule has 6 heteroatoms. The minimum absolute atomic E-state index is 0.310. The first kappa shape index (κ1) is 15.8. The Morgan fingerprint density at radius 1 is 0.444 bits per heavy atom. The fourth-order valence-electron chi connectivity index (χ4n) is 1.81. The fraction of sp³-hybridized carbons (Fsp3) is 1.00.